The molecular formula is C16H15N3O6. The topological polar surface area (TPSA) is 123 Å². The zero-order valence-corrected chi connectivity index (χ0v) is 13.4. The number of ether oxygens (including phenoxy) is 2. The Balaban J connectivity index is 2.16. The van der Waals surface area contributed by atoms with Crippen LogP contribution in [0.1, 0.15) is 15.9 Å². The molecule has 9 heteroatoms. The molecule has 2 aromatic rings. The number of nitrogens with one attached hydrogen (secondary N) is 1. The Labute approximate surface area is 142 Å². The van der Waals surface area contributed by atoms with E-state index in [0.29, 0.717) is 11.3 Å². The van der Waals surface area contributed by atoms with Crippen molar-refractivity contribution in [2.24, 2.45) is 5.10 Å². The van der Waals surface area contributed by atoms with E-state index in [-0.39, 0.29) is 22.7 Å². The summed E-state index contributed by atoms with van der Waals surface area (Å²) in [5.74, 6) is -0.280. The fourth-order valence-electron chi connectivity index (χ4n) is 1.94. The van der Waals surface area contributed by atoms with Crippen molar-refractivity contribution in [1.29, 1.82) is 0 Å². The van der Waals surface area contributed by atoms with Gasteiger partial charge in [-0.2, -0.15) is 5.10 Å². The van der Waals surface area contributed by atoms with Gasteiger partial charge in [0.2, 0.25) is 0 Å². The number of aromatic hydroxyl groups is 1. The minimum Gasteiger partial charge on any atom is -0.504 e. The monoisotopic (exact) mass is 345 g/mol. The SMILES string of the molecule is COc1ccc(C(=O)N/N=C\c2cc([N+](=O)[O-])cc(OC)c2O)cc1. The van der Waals surface area contributed by atoms with E-state index in [4.69, 9.17) is 9.47 Å². The third kappa shape index (κ3) is 4.22. The fourth-order valence-corrected chi connectivity index (χ4v) is 1.94. The first-order valence-electron chi connectivity index (χ1n) is 6.99. The second-order valence-electron chi connectivity index (χ2n) is 4.77. The smallest absolute Gasteiger partial charge is 0.274 e. The molecule has 1 amide bonds. The van der Waals surface area contributed by atoms with Crippen LogP contribution in [0, 0.1) is 10.1 Å². The van der Waals surface area contributed by atoms with Gasteiger partial charge in [0.15, 0.2) is 11.5 Å². The summed E-state index contributed by atoms with van der Waals surface area (Å²) in [6, 6.07) is 8.55. The number of benzene rings is 2. The number of rotatable bonds is 6. The van der Waals surface area contributed by atoms with Crippen molar-refractivity contribution < 1.29 is 24.3 Å². The average Bonchev–Trinajstić information content (AvgIpc) is 2.62. The van der Waals surface area contributed by atoms with Crippen LogP contribution >= 0.6 is 0 Å². The first-order chi connectivity index (χ1) is 12.0. The van der Waals surface area contributed by atoms with Crippen molar-refractivity contribution in [2.75, 3.05) is 14.2 Å². The number of amides is 1. The Hall–Kier alpha value is -3.62. The summed E-state index contributed by atoms with van der Waals surface area (Å²) in [4.78, 5) is 22.2. The zero-order valence-electron chi connectivity index (χ0n) is 13.4. The number of hydrazone groups is 1. The highest BCUT2D eigenvalue weighted by molar-refractivity contribution is 5.95. The van der Waals surface area contributed by atoms with Gasteiger partial charge >= 0.3 is 0 Å². The molecule has 0 saturated carbocycles. The van der Waals surface area contributed by atoms with Gasteiger partial charge in [-0.3, -0.25) is 14.9 Å². The maximum Gasteiger partial charge on any atom is 0.274 e. The summed E-state index contributed by atoms with van der Waals surface area (Å²) in [6.45, 7) is 0. The molecule has 0 aromatic heterocycles. The maximum absolute atomic E-state index is 12.0. The highest BCUT2D eigenvalue weighted by Crippen LogP contribution is 2.33. The number of non-ortho nitro benzene ring substituents is 1. The van der Waals surface area contributed by atoms with E-state index in [2.05, 4.69) is 10.5 Å². The second-order valence-corrected chi connectivity index (χ2v) is 4.77. The van der Waals surface area contributed by atoms with Crippen LogP contribution in [0.25, 0.3) is 0 Å². The van der Waals surface area contributed by atoms with Crippen molar-refractivity contribution in [3.05, 3.63) is 57.6 Å². The number of hydrogen-bond acceptors (Lipinski definition) is 7. The lowest BCUT2D eigenvalue weighted by Crippen LogP contribution is -2.17. The quantitative estimate of drug-likeness (QED) is 0.469. The number of hydrogen-bond donors (Lipinski definition) is 2. The minimum absolute atomic E-state index is 0.0288. The predicted octanol–water partition coefficient (Wildman–Crippen LogP) is 2.08. The van der Waals surface area contributed by atoms with Crippen LogP contribution in [0.15, 0.2) is 41.5 Å². The molecule has 0 atom stereocenters. The van der Waals surface area contributed by atoms with E-state index in [1.165, 1.54) is 14.2 Å². The van der Waals surface area contributed by atoms with Crippen molar-refractivity contribution >= 4 is 17.8 Å². The molecule has 0 heterocycles. The Morgan fingerprint density at radius 3 is 2.48 bits per heavy atom. The van der Waals surface area contributed by atoms with E-state index < -0.39 is 10.8 Å². The zero-order chi connectivity index (χ0) is 18.4. The van der Waals surface area contributed by atoms with Crippen LogP contribution in [0.4, 0.5) is 5.69 Å². The summed E-state index contributed by atoms with van der Waals surface area (Å²) in [7, 11) is 2.78. The number of carbonyl (C=O) groups is 1. The number of phenolic OH excluding ortho intramolecular Hbond substituents is 1. The first-order valence-corrected chi connectivity index (χ1v) is 6.99. The summed E-state index contributed by atoms with van der Waals surface area (Å²) in [6.07, 6.45) is 1.09. The van der Waals surface area contributed by atoms with Gasteiger partial charge in [0.25, 0.3) is 11.6 Å². The number of methoxy groups -OCH3 is 2. The molecule has 0 aliphatic carbocycles. The number of phenols is 1. The van der Waals surface area contributed by atoms with Crippen LogP contribution < -0.4 is 14.9 Å². The molecule has 2 aromatic carbocycles. The van der Waals surface area contributed by atoms with Crippen LogP contribution in [-0.2, 0) is 0 Å². The van der Waals surface area contributed by atoms with Crippen LogP contribution in [0.5, 0.6) is 17.2 Å². The highest BCUT2D eigenvalue weighted by Gasteiger charge is 2.15. The van der Waals surface area contributed by atoms with E-state index in [9.17, 15) is 20.0 Å². The Morgan fingerprint density at radius 1 is 1.24 bits per heavy atom. The molecule has 2 N–H and O–H groups in total. The van der Waals surface area contributed by atoms with Crippen LogP contribution in [0.3, 0.4) is 0 Å². The molecule has 0 saturated heterocycles. The van der Waals surface area contributed by atoms with Gasteiger partial charge in [0.05, 0.1) is 31.4 Å². The maximum atomic E-state index is 12.0. The Bertz CT molecular complexity index is 817. The van der Waals surface area contributed by atoms with Crippen LogP contribution in [-0.4, -0.2) is 36.4 Å². The van der Waals surface area contributed by atoms with Crippen LogP contribution in [0.2, 0.25) is 0 Å². The summed E-state index contributed by atoms with van der Waals surface area (Å²) in [5, 5.41) is 24.6. The second kappa shape index (κ2) is 7.77. The number of carbonyl (C=O) groups excluding carboxylic acids is 1. The molecule has 9 nitrogen and oxygen atoms in total. The van der Waals surface area contributed by atoms with Gasteiger partial charge in [-0.05, 0) is 24.3 Å². The van der Waals surface area contributed by atoms with E-state index in [0.717, 1.165) is 18.3 Å². The normalized spacial score (nSPS) is 10.5. The first kappa shape index (κ1) is 17.7. The Kier molecular flexibility index (Phi) is 5.51. The van der Waals surface area contributed by atoms with E-state index in [1.807, 2.05) is 0 Å². The molecule has 0 unspecified atom stereocenters. The molecule has 25 heavy (non-hydrogen) atoms. The summed E-state index contributed by atoms with van der Waals surface area (Å²) < 4.78 is 9.88. The number of nitrogens with zero attached hydrogens (tertiary/aromatic N) is 2. The fraction of sp³-hybridized carbons (Fsp3) is 0.125. The molecule has 130 valence electrons. The third-order valence-electron chi connectivity index (χ3n) is 3.24. The van der Waals surface area contributed by atoms with Gasteiger partial charge in [-0.1, -0.05) is 0 Å². The van der Waals surface area contributed by atoms with Crippen molar-refractivity contribution in [2.45, 2.75) is 0 Å². The van der Waals surface area contributed by atoms with Crippen molar-refractivity contribution in [3.8, 4) is 17.2 Å². The third-order valence-corrected chi connectivity index (χ3v) is 3.24. The van der Waals surface area contributed by atoms with Crippen molar-refractivity contribution in [1.82, 2.24) is 5.43 Å². The van der Waals surface area contributed by atoms with Gasteiger partial charge in [0.1, 0.15) is 5.75 Å². The van der Waals surface area contributed by atoms with Gasteiger partial charge in [-0.15, -0.1) is 0 Å². The molecule has 0 aliphatic rings. The Morgan fingerprint density at radius 2 is 1.92 bits per heavy atom. The lowest BCUT2D eigenvalue weighted by Gasteiger charge is -2.06. The molecule has 0 aliphatic heterocycles. The largest absolute Gasteiger partial charge is 0.504 e. The van der Waals surface area contributed by atoms with Gasteiger partial charge < -0.3 is 14.6 Å². The van der Waals surface area contributed by atoms with E-state index in [1.54, 1.807) is 24.3 Å². The standard InChI is InChI=1S/C16H15N3O6/c1-24-13-5-3-10(4-6-13)16(21)18-17-9-11-7-12(19(22)23)8-14(25-2)15(11)20/h3-9,20H,1-2H3,(H,18,21)/b17-9-. The molecule has 0 radical (unpaired) electrons. The van der Waals surface area contributed by atoms with Gasteiger partial charge in [0, 0.05) is 17.2 Å². The lowest BCUT2D eigenvalue weighted by atomic mass is 10.1. The lowest BCUT2D eigenvalue weighted by molar-refractivity contribution is -0.385. The molecular weight excluding hydrogens is 330 g/mol. The predicted molar refractivity (Wildman–Crippen MR) is 89.4 cm³/mol. The molecule has 2 rings (SSSR count). The number of nitro benzene ring substituents is 1. The summed E-state index contributed by atoms with van der Waals surface area (Å²) >= 11 is 0. The molecule has 0 bridgehead atoms. The molecule has 0 spiro atoms. The van der Waals surface area contributed by atoms with E-state index >= 15 is 0 Å². The average molecular weight is 345 g/mol. The minimum atomic E-state index is -0.630. The number of nitro groups is 1. The van der Waals surface area contributed by atoms with Crippen molar-refractivity contribution in [3.63, 3.8) is 0 Å². The van der Waals surface area contributed by atoms with Gasteiger partial charge in [-0.25, -0.2) is 5.43 Å². The highest BCUT2D eigenvalue weighted by atomic mass is 16.6. The summed E-state index contributed by atoms with van der Waals surface area (Å²) in [5.41, 5.74) is 2.36. The molecule has 0 fully saturated rings.